The molecule has 4 aromatic heterocycles. The Morgan fingerprint density at radius 2 is 0.704 bits per heavy atom. The lowest BCUT2D eigenvalue weighted by Gasteiger charge is -2.07. The van der Waals surface area contributed by atoms with Gasteiger partial charge < -0.3 is 8.83 Å². The van der Waals surface area contributed by atoms with E-state index in [9.17, 15) is 0 Å². The summed E-state index contributed by atoms with van der Waals surface area (Å²) in [6.45, 7) is 0. The molecule has 0 aliphatic heterocycles. The number of thiophene rings is 2. The van der Waals surface area contributed by atoms with Gasteiger partial charge in [0.2, 0.25) is 0 Å². The van der Waals surface area contributed by atoms with Crippen LogP contribution in [0.15, 0.2) is 177 Å². The van der Waals surface area contributed by atoms with Crippen molar-refractivity contribution < 1.29 is 8.83 Å². The van der Waals surface area contributed by atoms with Crippen molar-refractivity contribution in [3.05, 3.63) is 168 Å². The number of fused-ring (bicyclic) bond motifs is 9. The summed E-state index contributed by atoms with van der Waals surface area (Å²) >= 11 is 3.61. The summed E-state index contributed by atoms with van der Waals surface area (Å²) < 4.78 is 13.1. The third-order valence-corrected chi connectivity index (χ3v) is 13.1. The highest BCUT2D eigenvalue weighted by molar-refractivity contribution is 7.15. The molecule has 0 spiro atoms. The molecule has 0 amide bonds. The van der Waals surface area contributed by atoms with E-state index in [-0.39, 0.29) is 0 Å². The maximum absolute atomic E-state index is 6.57. The van der Waals surface area contributed by atoms with Gasteiger partial charge in [-0.1, -0.05) is 121 Å². The highest BCUT2D eigenvalue weighted by Crippen LogP contribution is 2.42. The second-order valence-corrected chi connectivity index (χ2v) is 15.9. The minimum atomic E-state index is 0.801. The van der Waals surface area contributed by atoms with Crippen molar-refractivity contribution in [2.24, 2.45) is 0 Å². The molecule has 2 nitrogen and oxygen atoms in total. The maximum atomic E-state index is 6.57. The van der Waals surface area contributed by atoms with Gasteiger partial charge in [0, 0.05) is 20.5 Å². The van der Waals surface area contributed by atoms with Crippen molar-refractivity contribution in [1.29, 1.82) is 0 Å². The van der Waals surface area contributed by atoms with E-state index < -0.39 is 0 Å². The normalized spacial score (nSPS) is 12.1. The average Bonchev–Trinajstić information content (AvgIpc) is 4.01. The molecule has 4 heteroatoms. The van der Waals surface area contributed by atoms with E-state index in [0.717, 1.165) is 54.6 Å². The number of rotatable bonds is 4. The first-order chi connectivity index (χ1) is 26.7. The van der Waals surface area contributed by atoms with Crippen molar-refractivity contribution in [3.8, 4) is 43.1 Å². The number of benzene rings is 8. The van der Waals surface area contributed by atoms with Gasteiger partial charge in [0.15, 0.2) is 11.2 Å². The molecule has 0 atom stereocenters. The van der Waals surface area contributed by atoms with Crippen molar-refractivity contribution in [2.45, 2.75) is 0 Å². The topological polar surface area (TPSA) is 26.3 Å². The van der Waals surface area contributed by atoms with Crippen LogP contribution in [0.1, 0.15) is 0 Å². The van der Waals surface area contributed by atoms with Crippen LogP contribution in [0.3, 0.4) is 0 Å². The first kappa shape index (κ1) is 30.0. The smallest absolute Gasteiger partial charge is 0.181 e. The van der Waals surface area contributed by atoms with Crippen LogP contribution in [0, 0.1) is 0 Å². The predicted octanol–water partition coefficient (Wildman–Crippen LogP) is 15.7. The van der Waals surface area contributed by atoms with Crippen LogP contribution in [0.2, 0.25) is 0 Å². The lowest BCUT2D eigenvalue weighted by atomic mass is 9.98. The third kappa shape index (κ3) is 4.64. The van der Waals surface area contributed by atoms with Crippen molar-refractivity contribution in [1.82, 2.24) is 0 Å². The maximum Gasteiger partial charge on any atom is 0.181 e. The fraction of sp³-hybridized carbons (Fsp3) is 0. The molecular formula is C50H28O2S2. The second-order valence-electron chi connectivity index (χ2n) is 14.1. The summed E-state index contributed by atoms with van der Waals surface area (Å²) in [7, 11) is 0. The molecule has 0 saturated heterocycles. The molecule has 0 aliphatic carbocycles. The van der Waals surface area contributed by atoms with Gasteiger partial charge in [-0.05, 0) is 113 Å². The molecule has 0 radical (unpaired) electrons. The monoisotopic (exact) mass is 724 g/mol. The Morgan fingerprint density at radius 3 is 1.17 bits per heavy atom. The Hall–Kier alpha value is -6.46. The Kier molecular flexibility index (Phi) is 6.41. The van der Waals surface area contributed by atoms with Crippen molar-refractivity contribution in [2.75, 3.05) is 0 Å². The van der Waals surface area contributed by atoms with Crippen LogP contribution >= 0.6 is 22.7 Å². The molecule has 0 saturated carbocycles. The van der Waals surface area contributed by atoms with Crippen LogP contribution < -0.4 is 0 Å². The van der Waals surface area contributed by atoms with Crippen LogP contribution in [-0.2, 0) is 0 Å². The first-order valence-corrected chi connectivity index (χ1v) is 19.9. The van der Waals surface area contributed by atoms with Crippen LogP contribution in [-0.4, -0.2) is 0 Å². The van der Waals surface area contributed by atoms with E-state index in [0.29, 0.717) is 0 Å². The Morgan fingerprint density at radius 1 is 0.296 bits per heavy atom. The zero-order valence-corrected chi connectivity index (χ0v) is 30.4. The molecule has 0 bridgehead atoms. The minimum Gasteiger partial charge on any atom is -0.452 e. The third-order valence-electron chi connectivity index (χ3n) is 11.0. The number of hydrogen-bond acceptors (Lipinski definition) is 4. The fourth-order valence-corrected chi connectivity index (χ4v) is 10.2. The Bertz CT molecular complexity index is 3200. The van der Waals surface area contributed by atoms with E-state index in [2.05, 4.69) is 168 Å². The van der Waals surface area contributed by atoms with Crippen LogP contribution in [0.5, 0.6) is 0 Å². The largest absolute Gasteiger partial charge is 0.452 e. The zero-order valence-electron chi connectivity index (χ0n) is 28.8. The van der Waals surface area contributed by atoms with Gasteiger partial charge in [-0.3, -0.25) is 0 Å². The average molecular weight is 725 g/mol. The lowest BCUT2D eigenvalue weighted by molar-refractivity contribution is 0.653. The summed E-state index contributed by atoms with van der Waals surface area (Å²) in [4.78, 5) is 2.63. The molecule has 12 aromatic rings. The molecule has 0 N–H and O–H groups in total. The first-order valence-electron chi connectivity index (χ1n) is 18.1. The minimum absolute atomic E-state index is 0.801. The Balaban J connectivity index is 0.872. The highest BCUT2D eigenvalue weighted by Gasteiger charge is 2.18. The molecule has 54 heavy (non-hydrogen) atoms. The Labute approximate surface area is 317 Å². The van der Waals surface area contributed by atoms with E-state index in [1.165, 1.54) is 64.7 Å². The molecule has 0 fully saturated rings. The van der Waals surface area contributed by atoms with E-state index in [4.69, 9.17) is 8.83 Å². The summed E-state index contributed by atoms with van der Waals surface area (Å²) in [5, 5.41) is 16.3. The zero-order chi connectivity index (χ0) is 35.3. The van der Waals surface area contributed by atoms with Crippen LogP contribution in [0.4, 0.5) is 0 Å². The molecule has 0 aliphatic rings. The van der Waals surface area contributed by atoms with Gasteiger partial charge in [0.25, 0.3) is 0 Å². The molecule has 4 heterocycles. The van der Waals surface area contributed by atoms with Gasteiger partial charge in [0.05, 0.1) is 10.8 Å². The summed E-state index contributed by atoms with van der Waals surface area (Å²) in [6.07, 6.45) is 0. The van der Waals surface area contributed by atoms with Crippen molar-refractivity contribution in [3.63, 3.8) is 0 Å². The van der Waals surface area contributed by atoms with E-state index in [1.807, 2.05) is 0 Å². The van der Waals surface area contributed by atoms with Crippen molar-refractivity contribution >= 4 is 98.9 Å². The van der Waals surface area contributed by atoms with Crippen LogP contribution in [0.25, 0.3) is 119 Å². The van der Waals surface area contributed by atoms with E-state index >= 15 is 0 Å². The second kappa shape index (κ2) is 11.5. The molecule has 8 aromatic carbocycles. The van der Waals surface area contributed by atoms with Gasteiger partial charge in [-0.15, -0.1) is 22.7 Å². The quantitative estimate of drug-likeness (QED) is 0.181. The van der Waals surface area contributed by atoms with E-state index in [1.54, 1.807) is 22.7 Å². The molecule has 12 rings (SSSR count). The van der Waals surface area contributed by atoms with Gasteiger partial charge in [-0.2, -0.15) is 0 Å². The van der Waals surface area contributed by atoms with Gasteiger partial charge in [-0.25, -0.2) is 0 Å². The van der Waals surface area contributed by atoms with Gasteiger partial charge in [0.1, 0.15) is 11.2 Å². The summed E-state index contributed by atoms with van der Waals surface area (Å²) in [5.41, 5.74) is 10.5. The summed E-state index contributed by atoms with van der Waals surface area (Å²) in [6, 6.07) is 57.1. The summed E-state index contributed by atoms with van der Waals surface area (Å²) in [5.74, 6) is 0. The predicted molar refractivity (Wildman–Crippen MR) is 231 cm³/mol. The molecular weight excluding hydrogens is 697 g/mol. The fourth-order valence-electron chi connectivity index (χ4n) is 8.16. The van der Waals surface area contributed by atoms with Gasteiger partial charge >= 0.3 is 0 Å². The molecule has 252 valence electrons. The molecule has 0 unspecified atom stereocenters. The highest BCUT2D eigenvalue weighted by atomic mass is 32.1. The standard InChI is InChI=1S/C50H28O2S2/c1-3-7-41-37(5-1)27-53-49(41)31-13-9-29(10-14-31)33-17-19-35-23-43-45(25-39(35)21-33)51-48-44-24-36-20-18-34(22-40(36)26-46(44)52-47(43)48)30-11-15-32(16-12-30)50-42-8-4-2-6-38(42)28-54-50/h1-28H. The number of hydrogen-bond donors (Lipinski definition) is 0. The SMILES string of the molecule is c1ccc2c(-c3ccc(-c4ccc5cc6c(cc5c4)oc4c5cc7ccc(-c8ccc(-c9scc%10ccccc9%10)cc8)cc7cc5oc64)cc3)scc2c1. The lowest BCUT2D eigenvalue weighted by Crippen LogP contribution is -1.81. The number of furan rings is 2.